The number of Topliss-reactive ketones (excluding diaryl/α,β-unsaturated/α-hetero) is 2. The average Bonchev–Trinajstić information content (AvgIpc) is 2.72. The van der Waals surface area contributed by atoms with Crippen molar-refractivity contribution < 1.29 is 34.8 Å². The van der Waals surface area contributed by atoms with Gasteiger partial charge in [0, 0.05) is 42.0 Å². The minimum atomic E-state index is -0.566. The van der Waals surface area contributed by atoms with Crippen LogP contribution in [0.25, 0.3) is 0 Å². The summed E-state index contributed by atoms with van der Waals surface area (Å²) in [5.74, 6) is -1.13. The first kappa shape index (κ1) is 20.2. The molecule has 166 valence electrons. The third-order valence-corrected chi connectivity index (χ3v) is 6.63. The van der Waals surface area contributed by atoms with Crippen molar-refractivity contribution >= 4 is 11.6 Å². The molecule has 32 heavy (non-hydrogen) atoms. The highest BCUT2D eigenvalue weighted by molar-refractivity contribution is 5.90. The summed E-state index contributed by atoms with van der Waals surface area (Å²) in [6.45, 7) is 0. The summed E-state index contributed by atoms with van der Waals surface area (Å²) in [7, 11) is 0. The molecule has 3 aliphatic rings. The molecule has 0 spiro atoms. The molecule has 1 saturated carbocycles. The Labute approximate surface area is 183 Å². The smallest absolute Gasteiger partial charge is 0.148 e. The molecule has 0 amide bonds. The Morgan fingerprint density at radius 3 is 2.06 bits per heavy atom. The number of nitrogens with one attached hydrogen (secondary N) is 1. The van der Waals surface area contributed by atoms with Crippen LogP contribution in [-0.2, 0) is 14.3 Å². The Morgan fingerprint density at radius 1 is 0.812 bits per heavy atom. The highest BCUT2D eigenvalue weighted by atomic mass is 16.5. The van der Waals surface area contributed by atoms with Crippen LogP contribution in [0.2, 0.25) is 0 Å². The number of allylic oxidation sites excluding steroid dienone is 2. The van der Waals surface area contributed by atoms with Crippen LogP contribution in [0, 0.1) is 0 Å². The van der Waals surface area contributed by atoms with Crippen LogP contribution < -0.4 is 5.32 Å². The van der Waals surface area contributed by atoms with Gasteiger partial charge in [0.15, 0.2) is 0 Å². The summed E-state index contributed by atoms with van der Waals surface area (Å²) < 4.78 is 6.07. The molecule has 8 nitrogen and oxygen atoms in total. The summed E-state index contributed by atoms with van der Waals surface area (Å²) in [6, 6.07) is 8.25. The molecular weight excluding hydrogens is 414 g/mol. The van der Waals surface area contributed by atoms with Crippen molar-refractivity contribution in [1.82, 2.24) is 5.32 Å². The molecule has 0 bridgehead atoms. The lowest BCUT2D eigenvalue weighted by atomic mass is 9.76. The second kappa shape index (κ2) is 7.47. The van der Waals surface area contributed by atoms with Gasteiger partial charge in [-0.2, -0.15) is 0 Å². The Kier molecular flexibility index (Phi) is 4.73. The van der Waals surface area contributed by atoms with Gasteiger partial charge in [-0.05, 0) is 18.6 Å². The van der Waals surface area contributed by atoms with Gasteiger partial charge in [-0.25, -0.2) is 0 Å². The normalized spacial score (nSPS) is 27.2. The van der Waals surface area contributed by atoms with E-state index in [1.807, 2.05) is 0 Å². The van der Waals surface area contributed by atoms with E-state index in [0.717, 1.165) is 5.70 Å². The van der Waals surface area contributed by atoms with Gasteiger partial charge >= 0.3 is 0 Å². The van der Waals surface area contributed by atoms with Crippen molar-refractivity contribution in [3.05, 3.63) is 59.0 Å². The summed E-state index contributed by atoms with van der Waals surface area (Å²) in [6.07, 6.45) is 0.534. The highest BCUT2D eigenvalue weighted by Gasteiger charge is 2.44. The van der Waals surface area contributed by atoms with Gasteiger partial charge in [-0.15, -0.1) is 0 Å². The molecule has 0 aromatic heterocycles. The van der Waals surface area contributed by atoms with Crippen molar-refractivity contribution in [2.24, 2.45) is 0 Å². The van der Waals surface area contributed by atoms with E-state index < -0.39 is 17.9 Å². The molecule has 2 aromatic rings. The van der Waals surface area contributed by atoms with Crippen LogP contribution in [0.15, 0.2) is 47.9 Å². The number of carbonyl (C=O) groups excluding carboxylic acids is 2. The lowest BCUT2D eigenvalue weighted by Crippen LogP contribution is -2.52. The second-order valence-electron chi connectivity index (χ2n) is 8.65. The van der Waals surface area contributed by atoms with E-state index in [1.165, 1.54) is 24.3 Å². The lowest BCUT2D eigenvalue weighted by molar-refractivity contribution is -0.128. The van der Waals surface area contributed by atoms with Gasteiger partial charge in [-0.1, -0.05) is 12.1 Å². The molecule has 2 aliphatic carbocycles. The third kappa shape index (κ3) is 3.41. The van der Waals surface area contributed by atoms with E-state index in [0.29, 0.717) is 29.7 Å². The summed E-state index contributed by atoms with van der Waals surface area (Å²) >= 11 is 0. The number of phenolic OH excluding ortho intramolecular Hbond substituents is 4. The maximum absolute atomic E-state index is 12.8. The summed E-state index contributed by atoms with van der Waals surface area (Å²) in [5, 5.41) is 43.0. The number of hydrogen-bond acceptors (Lipinski definition) is 8. The lowest BCUT2D eigenvalue weighted by Gasteiger charge is -2.43. The van der Waals surface area contributed by atoms with E-state index in [1.54, 1.807) is 12.1 Å². The third-order valence-electron chi connectivity index (χ3n) is 6.63. The molecule has 5 N–H and O–H groups in total. The molecule has 0 radical (unpaired) electrons. The molecule has 4 unspecified atom stereocenters. The SMILES string of the molecule is O=C1CC2=C(CC1c1ccc(O)cc1O)NC1CC(c3ccc(O)cc3O)C(=O)CC1O2. The first-order valence-electron chi connectivity index (χ1n) is 10.5. The Bertz CT molecular complexity index is 1160. The van der Waals surface area contributed by atoms with Crippen LogP contribution in [0.1, 0.15) is 48.6 Å². The van der Waals surface area contributed by atoms with Crippen molar-refractivity contribution in [2.75, 3.05) is 0 Å². The predicted molar refractivity (Wildman–Crippen MR) is 112 cm³/mol. The Balaban J connectivity index is 1.39. The molecule has 4 atom stereocenters. The molecule has 0 saturated heterocycles. The average molecular weight is 437 g/mol. The van der Waals surface area contributed by atoms with Crippen molar-refractivity contribution in [3.8, 4) is 23.0 Å². The van der Waals surface area contributed by atoms with Gasteiger partial charge in [0.2, 0.25) is 0 Å². The van der Waals surface area contributed by atoms with E-state index in [9.17, 15) is 30.0 Å². The van der Waals surface area contributed by atoms with Gasteiger partial charge in [0.1, 0.15) is 46.4 Å². The van der Waals surface area contributed by atoms with E-state index in [2.05, 4.69) is 5.32 Å². The molecule has 2 aromatic carbocycles. The number of fused-ring (bicyclic) bond motifs is 1. The van der Waals surface area contributed by atoms with Crippen molar-refractivity contribution in [2.45, 2.75) is 49.7 Å². The molecule has 5 rings (SSSR count). The topological polar surface area (TPSA) is 136 Å². The maximum Gasteiger partial charge on any atom is 0.148 e. The molecule has 1 heterocycles. The monoisotopic (exact) mass is 437 g/mol. The second-order valence-corrected chi connectivity index (χ2v) is 8.65. The van der Waals surface area contributed by atoms with Gasteiger partial charge in [0.05, 0.1) is 24.1 Å². The fraction of sp³-hybridized carbons (Fsp3) is 0.333. The minimum absolute atomic E-state index is 0.0624. The van der Waals surface area contributed by atoms with Crippen LogP contribution in [0.4, 0.5) is 0 Å². The zero-order chi connectivity index (χ0) is 22.6. The van der Waals surface area contributed by atoms with Crippen LogP contribution in [0.3, 0.4) is 0 Å². The number of benzene rings is 2. The number of ether oxygens (including phenoxy) is 1. The number of ketones is 2. The van der Waals surface area contributed by atoms with E-state index in [4.69, 9.17) is 4.74 Å². The number of aromatic hydroxyl groups is 4. The zero-order valence-electron chi connectivity index (χ0n) is 17.1. The first-order chi connectivity index (χ1) is 15.3. The van der Waals surface area contributed by atoms with Gasteiger partial charge in [0.25, 0.3) is 0 Å². The first-order valence-corrected chi connectivity index (χ1v) is 10.5. The maximum atomic E-state index is 12.8. The van der Waals surface area contributed by atoms with Crippen molar-refractivity contribution in [3.63, 3.8) is 0 Å². The largest absolute Gasteiger partial charge is 0.508 e. The van der Waals surface area contributed by atoms with E-state index >= 15 is 0 Å². The fourth-order valence-electron chi connectivity index (χ4n) is 5.01. The highest BCUT2D eigenvalue weighted by Crippen LogP contribution is 2.44. The quantitative estimate of drug-likeness (QED) is 0.484. The van der Waals surface area contributed by atoms with Crippen LogP contribution >= 0.6 is 0 Å². The molecular formula is C24H23NO7. The van der Waals surface area contributed by atoms with Gasteiger partial charge in [-0.3, -0.25) is 9.59 Å². The Morgan fingerprint density at radius 2 is 1.44 bits per heavy atom. The fourth-order valence-corrected chi connectivity index (χ4v) is 5.01. The van der Waals surface area contributed by atoms with Crippen LogP contribution in [-0.4, -0.2) is 44.1 Å². The number of carbonyl (C=O) groups is 2. The number of hydrogen-bond donors (Lipinski definition) is 5. The minimum Gasteiger partial charge on any atom is -0.508 e. The van der Waals surface area contributed by atoms with Gasteiger partial charge < -0.3 is 30.5 Å². The zero-order valence-corrected chi connectivity index (χ0v) is 17.1. The molecule has 8 heteroatoms. The molecule has 1 aliphatic heterocycles. The Hall–Kier alpha value is -3.68. The summed E-state index contributed by atoms with van der Waals surface area (Å²) in [4.78, 5) is 25.6. The number of rotatable bonds is 2. The van der Waals surface area contributed by atoms with E-state index in [-0.39, 0.29) is 53.4 Å². The summed E-state index contributed by atoms with van der Waals surface area (Å²) in [5.41, 5.74) is 1.69. The predicted octanol–water partition coefficient (Wildman–Crippen LogP) is 2.67. The number of phenols is 4. The molecule has 1 fully saturated rings. The van der Waals surface area contributed by atoms with Crippen LogP contribution in [0.5, 0.6) is 23.0 Å². The standard InChI is InChI=1S/C24H23NO7/c26-11-1-3-13(19(28)5-11)15-7-17-23(9-21(15)30)32-24-10-22(31)16(8-18(24)25-17)14-4-2-12(27)6-20(14)29/h1-6,15-17,23,25-29H,7-10H2. The van der Waals surface area contributed by atoms with Crippen molar-refractivity contribution in [1.29, 1.82) is 0 Å².